The Hall–Kier alpha value is -1.60. The summed E-state index contributed by atoms with van der Waals surface area (Å²) >= 11 is 0. The molecule has 1 saturated carbocycles. The van der Waals surface area contributed by atoms with Crippen molar-refractivity contribution in [1.82, 2.24) is 5.32 Å². The summed E-state index contributed by atoms with van der Waals surface area (Å²) in [5.41, 5.74) is 5.59. The molecule has 0 amide bonds. The molecule has 0 spiro atoms. The number of aryl methyl sites for hydroxylation is 2. The van der Waals surface area contributed by atoms with Gasteiger partial charge in [-0.2, -0.15) is 0 Å². The van der Waals surface area contributed by atoms with Crippen LogP contribution in [0.3, 0.4) is 0 Å². The van der Waals surface area contributed by atoms with Crippen LogP contribution in [-0.4, -0.2) is 6.04 Å². The molecule has 0 radical (unpaired) electrons. The second-order valence-corrected chi connectivity index (χ2v) is 6.58. The number of hydrogen-bond acceptors (Lipinski definition) is 1. The molecule has 1 nitrogen and oxygen atoms in total. The van der Waals surface area contributed by atoms with Crippen LogP contribution in [0.4, 0.5) is 0 Å². The molecule has 110 valence electrons. The predicted octanol–water partition coefficient (Wildman–Crippen LogP) is 4.90. The second kappa shape index (κ2) is 6.03. The fourth-order valence-electron chi connectivity index (χ4n) is 3.25. The van der Waals surface area contributed by atoms with E-state index in [1.807, 2.05) is 0 Å². The fourth-order valence-corrected chi connectivity index (χ4v) is 3.25. The van der Waals surface area contributed by atoms with Gasteiger partial charge in [-0.25, -0.2) is 0 Å². The molecular weight excluding hydrogens is 254 g/mol. The maximum atomic E-state index is 3.77. The van der Waals surface area contributed by atoms with E-state index in [9.17, 15) is 0 Å². The minimum Gasteiger partial charge on any atom is -0.307 e. The quantitative estimate of drug-likeness (QED) is 0.839. The van der Waals surface area contributed by atoms with Crippen molar-refractivity contribution in [3.05, 3.63) is 70.8 Å². The highest BCUT2D eigenvalue weighted by molar-refractivity contribution is 5.28. The van der Waals surface area contributed by atoms with Crippen molar-refractivity contribution in [1.29, 1.82) is 0 Å². The van der Waals surface area contributed by atoms with Gasteiger partial charge in [-0.15, -0.1) is 0 Å². The van der Waals surface area contributed by atoms with Crippen LogP contribution in [0.25, 0.3) is 0 Å². The largest absolute Gasteiger partial charge is 0.307 e. The van der Waals surface area contributed by atoms with Crippen LogP contribution < -0.4 is 5.32 Å². The minimum atomic E-state index is 0.439. The van der Waals surface area contributed by atoms with E-state index in [1.165, 1.54) is 35.1 Å². The van der Waals surface area contributed by atoms with E-state index in [4.69, 9.17) is 0 Å². The van der Waals surface area contributed by atoms with Gasteiger partial charge < -0.3 is 5.32 Å². The van der Waals surface area contributed by atoms with Crippen LogP contribution in [-0.2, 0) is 0 Å². The molecule has 1 aliphatic carbocycles. The molecule has 0 aromatic heterocycles. The Kier molecular flexibility index (Phi) is 4.12. The lowest BCUT2D eigenvalue weighted by Gasteiger charge is -2.38. The lowest BCUT2D eigenvalue weighted by Crippen LogP contribution is -2.41. The summed E-state index contributed by atoms with van der Waals surface area (Å²) in [5, 5.41) is 3.77. The predicted molar refractivity (Wildman–Crippen MR) is 89.7 cm³/mol. The maximum absolute atomic E-state index is 3.77. The summed E-state index contributed by atoms with van der Waals surface area (Å²) in [4.78, 5) is 0. The Balaban J connectivity index is 1.54. The van der Waals surface area contributed by atoms with Gasteiger partial charge in [0, 0.05) is 12.1 Å². The average Bonchev–Trinajstić information content (AvgIpc) is 2.43. The van der Waals surface area contributed by atoms with Gasteiger partial charge in [0.15, 0.2) is 0 Å². The summed E-state index contributed by atoms with van der Waals surface area (Å²) < 4.78 is 0. The first-order valence-corrected chi connectivity index (χ1v) is 8.01. The number of nitrogens with one attached hydrogen (secondary N) is 1. The molecule has 1 heteroatoms. The summed E-state index contributed by atoms with van der Waals surface area (Å²) in [6.07, 6.45) is 2.53. The molecule has 0 saturated heterocycles. The molecule has 1 N–H and O–H groups in total. The average molecular weight is 279 g/mol. The molecule has 2 aromatic carbocycles. The first kappa shape index (κ1) is 14.3. The van der Waals surface area contributed by atoms with E-state index in [1.54, 1.807) is 0 Å². The van der Waals surface area contributed by atoms with Crippen molar-refractivity contribution in [3.8, 4) is 0 Å². The topological polar surface area (TPSA) is 12.0 Å². The smallest absolute Gasteiger partial charge is 0.0294 e. The third-order valence-electron chi connectivity index (χ3n) is 4.71. The normalized spacial score (nSPS) is 22.6. The van der Waals surface area contributed by atoms with E-state index in [-0.39, 0.29) is 0 Å². The highest BCUT2D eigenvalue weighted by Crippen LogP contribution is 2.38. The third-order valence-corrected chi connectivity index (χ3v) is 4.71. The Bertz CT molecular complexity index is 593. The lowest BCUT2D eigenvalue weighted by atomic mass is 9.75. The third kappa shape index (κ3) is 3.36. The van der Waals surface area contributed by atoms with Crippen LogP contribution in [0.5, 0.6) is 0 Å². The van der Waals surface area contributed by atoms with Crippen molar-refractivity contribution in [2.24, 2.45) is 0 Å². The van der Waals surface area contributed by atoms with Crippen LogP contribution in [0.2, 0.25) is 0 Å². The Morgan fingerprint density at radius 1 is 0.952 bits per heavy atom. The molecular formula is C20H25N. The Morgan fingerprint density at radius 3 is 2.33 bits per heavy atom. The first-order valence-electron chi connectivity index (χ1n) is 8.01. The van der Waals surface area contributed by atoms with Crippen LogP contribution >= 0.6 is 0 Å². The summed E-state index contributed by atoms with van der Waals surface area (Å²) in [6.45, 7) is 6.58. The summed E-state index contributed by atoms with van der Waals surface area (Å²) in [5.74, 6) is 0.743. The van der Waals surface area contributed by atoms with Gasteiger partial charge in [0.1, 0.15) is 0 Å². The van der Waals surface area contributed by atoms with Gasteiger partial charge in [0.2, 0.25) is 0 Å². The SMILES string of the molecule is Cc1ccc(C2CC(N[C@@H](C)c3cccc(C)c3)C2)cc1. The van der Waals surface area contributed by atoms with Gasteiger partial charge in [-0.1, -0.05) is 59.7 Å². The number of hydrogen-bond donors (Lipinski definition) is 1. The van der Waals surface area contributed by atoms with Crippen molar-refractivity contribution in [2.45, 2.75) is 51.6 Å². The van der Waals surface area contributed by atoms with Gasteiger partial charge in [0.25, 0.3) is 0 Å². The van der Waals surface area contributed by atoms with Crippen LogP contribution in [0, 0.1) is 13.8 Å². The number of benzene rings is 2. The zero-order valence-electron chi connectivity index (χ0n) is 13.3. The molecule has 1 atom stereocenters. The Morgan fingerprint density at radius 2 is 1.67 bits per heavy atom. The van der Waals surface area contributed by atoms with Gasteiger partial charge >= 0.3 is 0 Å². The zero-order chi connectivity index (χ0) is 14.8. The highest BCUT2D eigenvalue weighted by Gasteiger charge is 2.30. The van der Waals surface area contributed by atoms with Gasteiger partial charge in [-0.3, -0.25) is 0 Å². The molecule has 1 aliphatic rings. The lowest BCUT2D eigenvalue weighted by molar-refractivity contribution is 0.271. The van der Waals surface area contributed by atoms with Crippen LogP contribution in [0.1, 0.15) is 54.0 Å². The molecule has 0 heterocycles. The van der Waals surface area contributed by atoms with Gasteiger partial charge in [0.05, 0.1) is 0 Å². The zero-order valence-corrected chi connectivity index (χ0v) is 13.3. The molecule has 2 aromatic rings. The first-order chi connectivity index (χ1) is 10.1. The summed E-state index contributed by atoms with van der Waals surface area (Å²) in [6, 6.07) is 19.0. The standard InChI is InChI=1S/C20H25N/c1-14-7-9-17(10-8-14)19-12-20(13-19)21-16(3)18-6-4-5-15(2)11-18/h4-11,16,19-21H,12-13H2,1-3H3/t16-,19?,20?/m0/s1. The van der Waals surface area contributed by atoms with Crippen molar-refractivity contribution in [3.63, 3.8) is 0 Å². The molecule has 21 heavy (non-hydrogen) atoms. The van der Waals surface area contributed by atoms with Crippen molar-refractivity contribution >= 4 is 0 Å². The molecule has 3 rings (SSSR count). The van der Waals surface area contributed by atoms with E-state index in [2.05, 4.69) is 74.6 Å². The molecule has 0 unspecified atom stereocenters. The van der Waals surface area contributed by atoms with E-state index < -0.39 is 0 Å². The van der Waals surface area contributed by atoms with Gasteiger partial charge in [-0.05, 0) is 50.7 Å². The van der Waals surface area contributed by atoms with Crippen molar-refractivity contribution in [2.75, 3.05) is 0 Å². The minimum absolute atomic E-state index is 0.439. The second-order valence-electron chi connectivity index (χ2n) is 6.58. The van der Waals surface area contributed by atoms with E-state index in [0.717, 1.165) is 5.92 Å². The monoisotopic (exact) mass is 279 g/mol. The summed E-state index contributed by atoms with van der Waals surface area (Å²) in [7, 11) is 0. The van der Waals surface area contributed by atoms with Crippen LogP contribution in [0.15, 0.2) is 48.5 Å². The van der Waals surface area contributed by atoms with E-state index in [0.29, 0.717) is 12.1 Å². The highest BCUT2D eigenvalue weighted by atomic mass is 15.0. The molecule has 1 fully saturated rings. The number of rotatable bonds is 4. The molecule has 0 bridgehead atoms. The maximum Gasteiger partial charge on any atom is 0.0294 e. The Labute approximate surface area is 128 Å². The van der Waals surface area contributed by atoms with E-state index >= 15 is 0 Å². The molecule has 0 aliphatic heterocycles. The fraction of sp³-hybridized carbons (Fsp3) is 0.400. The van der Waals surface area contributed by atoms with Crippen molar-refractivity contribution < 1.29 is 0 Å².